The van der Waals surface area contributed by atoms with Gasteiger partial charge in [-0.1, -0.05) is 64.4 Å². The molecule has 1 heterocycles. The number of carbonyl (C=O) groups excluding carboxylic acids is 1. The second kappa shape index (κ2) is 9.07. The van der Waals surface area contributed by atoms with Crippen LogP contribution in [0.25, 0.3) is 10.9 Å². The fourth-order valence-corrected chi connectivity index (χ4v) is 4.82. The first-order chi connectivity index (χ1) is 14.1. The molecule has 0 saturated heterocycles. The predicted molar refractivity (Wildman–Crippen MR) is 128 cm³/mol. The molecule has 0 bridgehead atoms. The Hall–Kier alpha value is -1.91. The molecule has 3 nitrogen and oxygen atoms in total. The van der Waals surface area contributed by atoms with Crippen molar-refractivity contribution in [2.75, 3.05) is 7.11 Å². The standard InChI is InChI=1S/C25H30ClNO2S/c1-16(2)18-9-12-21-20(13-18)24(30-25(3,4)5)22(14-23(28)29-6)27(21)15-17-7-10-19(26)11-8-17/h7-13,16H,14-15H2,1-6H3. The van der Waals surface area contributed by atoms with Crippen molar-refractivity contribution in [1.29, 1.82) is 0 Å². The molecule has 30 heavy (non-hydrogen) atoms. The summed E-state index contributed by atoms with van der Waals surface area (Å²) in [5.41, 5.74) is 4.59. The van der Waals surface area contributed by atoms with Crippen molar-refractivity contribution in [1.82, 2.24) is 4.57 Å². The summed E-state index contributed by atoms with van der Waals surface area (Å²) in [4.78, 5) is 13.5. The first kappa shape index (κ1) is 22.8. The molecular weight excluding hydrogens is 414 g/mol. The minimum Gasteiger partial charge on any atom is -0.469 e. The lowest BCUT2D eigenvalue weighted by Gasteiger charge is -2.19. The lowest BCUT2D eigenvalue weighted by molar-refractivity contribution is -0.139. The number of carbonyl (C=O) groups is 1. The van der Waals surface area contributed by atoms with Crippen molar-refractivity contribution < 1.29 is 9.53 Å². The molecule has 5 heteroatoms. The SMILES string of the molecule is COC(=O)Cc1c(SC(C)(C)C)c2cc(C(C)C)ccc2n1Cc1ccc(Cl)cc1. The molecule has 0 spiro atoms. The summed E-state index contributed by atoms with van der Waals surface area (Å²) in [6.45, 7) is 11.7. The van der Waals surface area contributed by atoms with Gasteiger partial charge in [-0.05, 0) is 41.3 Å². The summed E-state index contributed by atoms with van der Waals surface area (Å²) >= 11 is 7.89. The van der Waals surface area contributed by atoms with Crippen LogP contribution in [-0.4, -0.2) is 22.4 Å². The Bertz CT molecular complexity index is 1050. The van der Waals surface area contributed by atoms with Crippen LogP contribution < -0.4 is 0 Å². The highest BCUT2D eigenvalue weighted by Gasteiger charge is 2.25. The molecule has 2 aromatic carbocycles. The summed E-state index contributed by atoms with van der Waals surface area (Å²) < 4.78 is 7.31. The normalized spacial score (nSPS) is 12.0. The van der Waals surface area contributed by atoms with Gasteiger partial charge < -0.3 is 9.30 Å². The van der Waals surface area contributed by atoms with Crippen molar-refractivity contribution in [2.45, 2.75) is 63.1 Å². The van der Waals surface area contributed by atoms with Crippen LogP contribution in [0, 0.1) is 0 Å². The number of thioether (sulfide) groups is 1. The number of fused-ring (bicyclic) bond motifs is 1. The van der Waals surface area contributed by atoms with Crippen LogP contribution in [-0.2, 0) is 22.5 Å². The maximum Gasteiger partial charge on any atom is 0.311 e. The molecule has 0 aliphatic heterocycles. The molecule has 1 aromatic heterocycles. The largest absolute Gasteiger partial charge is 0.469 e. The number of hydrogen-bond donors (Lipinski definition) is 0. The number of esters is 1. The molecule has 160 valence electrons. The van der Waals surface area contributed by atoms with Crippen molar-refractivity contribution in [3.63, 3.8) is 0 Å². The van der Waals surface area contributed by atoms with E-state index in [0.717, 1.165) is 21.8 Å². The number of methoxy groups -OCH3 is 1. The zero-order valence-electron chi connectivity index (χ0n) is 18.6. The van der Waals surface area contributed by atoms with Crippen molar-refractivity contribution in [3.8, 4) is 0 Å². The molecular formula is C25H30ClNO2S. The fraction of sp³-hybridized carbons (Fsp3) is 0.400. The Balaban J connectivity index is 2.25. The first-order valence-corrected chi connectivity index (χ1v) is 11.4. The third-order valence-corrected chi connectivity index (χ3v) is 6.54. The minimum absolute atomic E-state index is 0.0120. The minimum atomic E-state index is -0.227. The quantitative estimate of drug-likeness (QED) is 0.301. The van der Waals surface area contributed by atoms with Gasteiger partial charge in [-0.3, -0.25) is 4.79 Å². The Labute approximate surface area is 188 Å². The van der Waals surface area contributed by atoms with E-state index in [0.29, 0.717) is 12.5 Å². The van der Waals surface area contributed by atoms with Crippen LogP contribution in [0.15, 0.2) is 47.4 Å². The average molecular weight is 444 g/mol. The van der Waals surface area contributed by atoms with E-state index in [1.54, 1.807) is 0 Å². The Morgan fingerprint density at radius 2 is 1.80 bits per heavy atom. The van der Waals surface area contributed by atoms with Gasteiger partial charge in [0.05, 0.1) is 13.5 Å². The van der Waals surface area contributed by atoms with E-state index in [-0.39, 0.29) is 17.1 Å². The monoisotopic (exact) mass is 443 g/mol. The zero-order chi connectivity index (χ0) is 22.1. The summed E-state index contributed by atoms with van der Waals surface area (Å²) in [7, 11) is 1.45. The van der Waals surface area contributed by atoms with Gasteiger partial charge in [-0.25, -0.2) is 0 Å². The predicted octanol–water partition coefficient (Wildman–Crippen LogP) is 7.07. The number of benzene rings is 2. The van der Waals surface area contributed by atoms with Crippen LogP contribution in [0.4, 0.5) is 0 Å². The van der Waals surface area contributed by atoms with Gasteiger partial charge in [-0.15, -0.1) is 11.8 Å². The number of hydrogen-bond acceptors (Lipinski definition) is 3. The number of ether oxygens (including phenoxy) is 1. The average Bonchev–Trinajstić information content (AvgIpc) is 2.94. The van der Waals surface area contributed by atoms with Gasteiger partial charge in [-0.2, -0.15) is 0 Å². The van der Waals surface area contributed by atoms with E-state index in [2.05, 4.69) is 57.4 Å². The van der Waals surface area contributed by atoms with E-state index in [1.165, 1.54) is 23.0 Å². The van der Waals surface area contributed by atoms with Gasteiger partial charge in [0.15, 0.2) is 0 Å². The van der Waals surface area contributed by atoms with Gasteiger partial charge in [0.1, 0.15) is 0 Å². The Kier molecular flexibility index (Phi) is 6.88. The maximum absolute atomic E-state index is 12.3. The lowest BCUT2D eigenvalue weighted by atomic mass is 10.0. The first-order valence-electron chi connectivity index (χ1n) is 10.2. The van der Waals surface area contributed by atoms with E-state index >= 15 is 0 Å². The second-order valence-electron chi connectivity index (χ2n) is 8.89. The second-order valence-corrected chi connectivity index (χ2v) is 11.2. The topological polar surface area (TPSA) is 31.2 Å². The Morgan fingerprint density at radius 1 is 1.13 bits per heavy atom. The molecule has 0 aliphatic carbocycles. The summed E-state index contributed by atoms with van der Waals surface area (Å²) in [5, 5.41) is 1.92. The van der Waals surface area contributed by atoms with Gasteiger partial charge >= 0.3 is 5.97 Å². The summed E-state index contributed by atoms with van der Waals surface area (Å²) in [6.07, 6.45) is 0.244. The smallest absolute Gasteiger partial charge is 0.311 e. The van der Waals surface area contributed by atoms with Crippen LogP contribution in [0.2, 0.25) is 5.02 Å². The number of halogens is 1. The molecule has 0 atom stereocenters. The number of aromatic nitrogens is 1. The summed E-state index contributed by atoms with van der Waals surface area (Å²) in [5.74, 6) is 0.209. The van der Waals surface area contributed by atoms with E-state index < -0.39 is 0 Å². The highest BCUT2D eigenvalue weighted by atomic mass is 35.5. The number of rotatable bonds is 6. The number of nitrogens with zero attached hydrogens (tertiary/aromatic N) is 1. The van der Waals surface area contributed by atoms with Gasteiger partial charge in [0.25, 0.3) is 0 Å². The van der Waals surface area contributed by atoms with Crippen LogP contribution >= 0.6 is 23.4 Å². The van der Waals surface area contributed by atoms with E-state index in [4.69, 9.17) is 16.3 Å². The Morgan fingerprint density at radius 3 is 2.37 bits per heavy atom. The molecule has 0 saturated carbocycles. The van der Waals surface area contributed by atoms with Crippen molar-refractivity contribution >= 4 is 40.2 Å². The lowest BCUT2D eigenvalue weighted by Crippen LogP contribution is -2.13. The molecule has 0 fully saturated rings. The van der Waals surface area contributed by atoms with Crippen molar-refractivity contribution in [2.24, 2.45) is 0 Å². The molecule has 0 unspecified atom stereocenters. The molecule has 0 amide bonds. The molecule has 3 aromatic rings. The third kappa shape index (κ3) is 5.22. The molecule has 0 aliphatic rings. The van der Waals surface area contributed by atoms with E-state index in [9.17, 15) is 4.79 Å². The third-order valence-electron chi connectivity index (χ3n) is 5.01. The molecule has 3 rings (SSSR count). The van der Waals surface area contributed by atoms with Gasteiger partial charge in [0, 0.05) is 37.8 Å². The summed E-state index contributed by atoms with van der Waals surface area (Å²) in [6, 6.07) is 14.6. The van der Waals surface area contributed by atoms with Crippen LogP contribution in [0.5, 0.6) is 0 Å². The highest BCUT2D eigenvalue weighted by Crippen LogP contribution is 2.42. The van der Waals surface area contributed by atoms with E-state index in [1.807, 2.05) is 36.0 Å². The molecule has 0 N–H and O–H groups in total. The van der Waals surface area contributed by atoms with Crippen LogP contribution in [0.3, 0.4) is 0 Å². The highest BCUT2D eigenvalue weighted by molar-refractivity contribution is 8.00. The van der Waals surface area contributed by atoms with Gasteiger partial charge in [0.2, 0.25) is 0 Å². The van der Waals surface area contributed by atoms with Crippen molar-refractivity contribution in [3.05, 3.63) is 64.3 Å². The fourth-order valence-electron chi connectivity index (χ4n) is 3.51. The molecule has 0 radical (unpaired) electrons. The maximum atomic E-state index is 12.3. The van der Waals surface area contributed by atoms with Crippen LogP contribution in [0.1, 0.15) is 57.4 Å². The zero-order valence-corrected chi connectivity index (χ0v) is 20.2.